The predicted octanol–water partition coefficient (Wildman–Crippen LogP) is 2.31. The van der Waals surface area contributed by atoms with E-state index in [-0.39, 0.29) is 6.04 Å². The van der Waals surface area contributed by atoms with Crippen LogP contribution in [0.15, 0.2) is 18.2 Å². The van der Waals surface area contributed by atoms with Crippen LogP contribution in [0.2, 0.25) is 0 Å². The van der Waals surface area contributed by atoms with Gasteiger partial charge in [-0.2, -0.15) is 0 Å². The summed E-state index contributed by atoms with van der Waals surface area (Å²) in [6.45, 7) is 4.11. The molecule has 0 fully saturated rings. The molecule has 0 bridgehead atoms. The van der Waals surface area contributed by atoms with Gasteiger partial charge in [-0.05, 0) is 44.8 Å². The normalized spacial score (nSPS) is 12.5. The molecule has 0 radical (unpaired) electrons. The minimum atomic E-state index is 0.277. The third-order valence-electron chi connectivity index (χ3n) is 2.96. The molecule has 0 aromatic heterocycles. The Morgan fingerprint density at radius 3 is 2.11 bits per heavy atom. The second-order valence-electron chi connectivity index (χ2n) is 4.91. The van der Waals surface area contributed by atoms with E-state index >= 15 is 0 Å². The summed E-state index contributed by atoms with van der Waals surface area (Å²) < 4.78 is 10.7. The minimum Gasteiger partial charge on any atom is -0.497 e. The zero-order valence-corrected chi connectivity index (χ0v) is 12.7. The number of ether oxygens (including phenoxy) is 2. The summed E-state index contributed by atoms with van der Waals surface area (Å²) in [7, 11) is 7.52. The average molecular weight is 266 g/mol. The first-order valence-corrected chi connectivity index (χ1v) is 6.71. The van der Waals surface area contributed by atoms with Crippen molar-refractivity contribution < 1.29 is 9.47 Å². The third kappa shape index (κ3) is 5.09. The zero-order valence-electron chi connectivity index (χ0n) is 12.7. The van der Waals surface area contributed by atoms with Gasteiger partial charge in [0.15, 0.2) is 0 Å². The van der Waals surface area contributed by atoms with E-state index < -0.39 is 0 Å². The summed E-state index contributed by atoms with van der Waals surface area (Å²) in [5, 5.41) is 3.57. The molecule has 0 saturated heterocycles. The summed E-state index contributed by atoms with van der Waals surface area (Å²) in [5.41, 5.74) is 1.19. The molecule has 0 aliphatic heterocycles. The van der Waals surface area contributed by atoms with Crippen LogP contribution in [-0.2, 0) is 0 Å². The molecule has 0 spiro atoms. The molecule has 1 unspecified atom stereocenters. The summed E-state index contributed by atoms with van der Waals surface area (Å²) in [6.07, 6.45) is 1.12. The Bertz CT molecular complexity index is 358. The van der Waals surface area contributed by atoms with Crippen molar-refractivity contribution in [3.8, 4) is 11.5 Å². The average Bonchev–Trinajstić information content (AvgIpc) is 2.42. The lowest BCUT2D eigenvalue weighted by Crippen LogP contribution is -2.31. The van der Waals surface area contributed by atoms with E-state index in [4.69, 9.17) is 9.47 Å². The van der Waals surface area contributed by atoms with Crippen molar-refractivity contribution in [3.63, 3.8) is 0 Å². The smallest absolute Gasteiger partial charge is 0.122 e. The second-order valence-corrected chi connectivity index (χ2v) is 4.91. The summed E-state index contributed by atoms with van der Waals surface area (Å²) in [6, 6.07) is 6.31. The van der Waals surface area contributed by atoms with E-state index in [0.717, 1.165) is 31.0 Å². The number of nitrogens with one attached hydrogen (secondary N) is 1. The van der Waals surface area contributed by atoms with Crippen molar-refractivity contribution >= 4 is 0 Å². The molecule has 1 N–H and O–H groups in total. The maximum atomic E-state index is 5.34. The van der Waals surface area contributed by atoms with Gasteiger partial charge in [0.2, 0.25) is 0 Å². The van der Waals surface area contributed by atoms with Gasteiger partial charge < -0.3 is 19.7 Å². The molecule has 0 aliphatic carbocycles. The molecule has 1 aromatic carbocycles. The molecule has 4 nitrogen and oxygen atoms in total. The molecule has 1 aromatic rings. The standard InChI is InChI=1S/C15H26N2O2/c1-6-7-16-15(11-17(2)3)12-8-13(18-4)10-14(9-12)19-5/h8-10,15-16H,6-7,11H2,1-5H3. The van der Waals surface area contributed by atoms with Crippen LogP contribution in [0.25, 0.3) is 0 Å². The maximum absolute atomic E-state index is 5.34. The van der Waals surface area contributed by atoms with Crippen LogP contribution < -0.4 is 14.8 Å². The van der Waals surface area contributed by atoms with E-state index in [1.807, 2.05) is 6.07 Å². The third-order valence-corrected chi connectivity index (χ3v) is 2.96. The first-order valence-electron chi connectivity index (χ1n) is 6.71. The Morgan fingerprint density at radius 1 is 1.11 bits per heavy atom. The molecule has 0 saturated carbocycles. The Labute approximate surface area is 116 Å². The lowest BCUT2D eigenvalue weighted by Gasteiger charge is -2.23. The Hall–Kier alpha value is -1.26. The van der Waals surface area contributed by atoms with Gasteiger partial charge in [0.25, 0.3) is 0 Å². The van der Waals surface area contributed by atoms with Crippen molar-refractivity contribution in [1.29, 1.82) is 0 Å². The van der Waals surface area contributed by atoms with Gasteiger partial charge in [0.1, 0.15) is 11.5 Å². The molecule has 0 aliphatic rings. The number of rotatable bonds is 8. The lowest BCUT2D eigenvalue weighted by molar-refractivity contribution is 0.339. The number of hydrogen-bond donors (Lipinski definition) is 1. The molecule has 19 heavy (non-hydrogen) atoms. The molecule has 1 rings (SSSR count). The van der Waals surface area contributed by atoms with Crippen molar-refractivity contribution in [2.75, 3.05) is 41.4 Å². The van der Waals surface area contributed by atoms with E-state index in [9.17, 15) is 0 Å². The van der Waals surface area contributed by atoms with E-state index in [2.05, 4.69) is 43.4 Å². The van der Waals surface area contributed by atoms with Gasteiger partial charge in [-0.1, -0.05) is 6.92 Å². The van der Waals surface area contributed by atoms with Gasteiger partial charge in [0.05, 0.1) is 14.2 Å². The van der Waals surface area contributed by atoms with E-state index in [0.29, 0.717) is 0 Å². The van der Waals surface area contributed by atoms with Crippen LogP contribution in [0, 0.1) is 0 Å². The zero-order chi connectivity index (χ0) is 14.3. The van der Waals surface area contributed by atoms with Crippen LogP contribution >= 0.6 is 0 Å². The molecule has 108 valence electrons. The van der Waals surface area contributed by atoms with Crippen molar-refractivity contribution in [3.05, 3.63) is 23.8 Å². The van der Waals surface area contributed by atoms with E-state index in [1.165, 1.54) is 5.56 Å². The number of nitrogens with zero attached hydrogens (tertiary/aromatic N) is 1. The molecular weight excluding hydrogens is 240 g/mol. The maximum Gasteiger partial charge on any atom is 0.122 e. The molecule has 1 atom stereocenters. The monoisotopic (exact) mass is 266 g/mol. The van der Waals surface area contributed by atoms with Crippen molar-refractivity contribution in [2.24, 2.45) is 0 Å². The predicted molar refractivity (Wildman–Crippen MR) is 79.1 cm³/mol. The number of methoxy groups -OCH3 is 2. The molecule has 0 heterocycles. The van der Waals surface area contributed by atoms with Crippen LogP contribution in [0.4, 0.5) is 0 Å². The number of hydrogen-bond acceptors (Lipinski definition) is 4. The Morgan fingerprint density at radius 2 is 1.68 bits per heavy atom. The Balaban J connectivity index is 2.98. The van der Waals surface area contributed by atoms with Crippen LogP contribution in [0.1, 0.15) is 24.9 Å². The molecule has 4 heteroatoms. The largest absolute Gasteiger partial charge is 0.497 e. The van der Waals surface area contributed by atoms with Gasteiger partial charge >= 0.3 is 0 Å². The van der Waals surface area contributed by atoms with Crippen molar-refractivity contribution in [1.82, 2.24) is 10.2 Å². The topological polar surface area (TPSA) is 33.7 Å². The quantitative estimate of drug-likeness (QED) is 0.783. The minimum absolute atomic E-state index is 0.277. The number of benzene rings is 1. The molecule has 0 amide bonds. The van der Waals surface area contributed by atoms with Crippen LogP contribution in [-0.4, -0.2) is 46.3 Å². The highest BCUT2D eigenvalue weighted by molar-refractivity contribution is 5.40. The Kier molecular flexibility index (Phi) is 6.67. The van der Waals surface area contributed by atoms with Gasteiger partial charge in [0, 0.05) is 18.7 Å². The highest BCUT2D eigenvalue weighted by Gasteiger charge is 2.14. The van der Waals surface area contributed by atoms with E-state index in [1.54, 1.807) is 14.2 Å². The van der Waals surface area contributed by atoms with Crippen molar-refractivity contribution in [2.45, 2.75) is 19.4 Å². The number of likely N-dealkylation sites (N-methyl/N-ethyl adjacent to an activating group) is 1. The first-order chi connectivity index (χ1) is 9.10. The highest BCUT2D eigenvalue weighted by atomic mass is 16.5. The summed E-state index contributed by atoms with van der Waals surface area (Å²) in [5.74, 6) is 1.66. The fourth-order valence-electron chi connectivity index (χ4n) is 2.00. The lowest BCUT2D eigenvalue weighted by atomic mass is 10.1. The second kappa shape index (κ2) is 8.02. The summed E-state index contributed by atoms with van der Waals surface area (Å²) >= 11 is 0. The van der Waals surface area contributed by atoms with Crippen LogP contribution in [0.5, 0.6) is 11.5 Å². The fourth-order valence-corrected chi connectivity index (χ4v) is 2.00. The SMILES string of the molecule is CCCNC(CN(C)C)c1cc(OC)cc(OC)c1. The fraction of sp³-hybridized carbons (Fsp3) is 0.600. The van der Waals surface area contributed by atoms with Gasteiger partial charge in [-0.15, -0.1) is 0 Å². The highest BCUT2D eigenvalue weighted by Crippen LogP contribution is 2.26. The first kappa shape index (κ1) is 15.8. The molecular formula is C15H26N2O2. The summed E-state index contributed by atoms with van der Waals surface area (Å²) in [4.78, 5) is 2.18. The van der Waals surface area contributed by atoms with Crippen LogP contribution in [0.3, 0.4) is 0 Å². The van der Waals surface area contributed by atoms with Gasteiger partial charge in [-0.25, -0.2) is 0 Å². The van der Waals surface area contributed by atoms with Gasteiger partial charge in [-0.3, -0.25) is 0 Å².